The number of hydrogen-bond acceptors (Lipinski definition) is 3. The number of aromatic nitrogens is 2. The van der Waals surface area contributed by atoms with Crippen LogP contribution in [0.1, 0.15) is 0 Å². The highest BCUT2D eigenvalue weighted by Crippen LogP contribution is 2.25. The fourth-order valence-corrected chi connectivity index (χ4v) is 1.79. The second-order valence-electron chi connectivity index (χ2n) is 3.76. The van der Waals surface area contributed by atoms with Crippen molar-refractivity contribution in [3.63, 3.8) is 0 Å². The fourth-order valence-electron chi connectivity index (χ4n) is 1.79. The SMILES string of the molecule is Oc1cccnc1-c1ccc2ccccc2n1. The molecule has 0 unspecified atom stereocenters. The number of hydrogen-bond donors (Lipinski definition) is 1. The van der Waals surface area contributed by atoms with Crippen LogP contribution < -0.4 is 0 Å². The first-order chi connectivity index (χ1) is 8.34. The van der Waals surface area contributed by atoms with E-state index in [1.54, 1.807) is 18.3 Å². The number of aromatic hydroxyl groups is 1. The van der Waals surface area contributed by atoms with Crippen molar-refractivity contribution in [2.45, 2.75) is 0 Å². The lowest BCUT2D eigenvalue weighted by Gasteiger charge is -2.03. The zero-order valence-electron chi connectivity index (χ0n) is 9.04. The van der Waals surface area contributed by atoms with Crippen molar-refractivity contribution in [2.24, 2.45) is 0 Å². The van der Waals surface area contributed by atoms with Crippen molar-refractivity contribution in [3.05, 3.63) is 54.7 Å². The molecule has 82 valence electrons. The predicted molar refractivity (Wildman–Crippen MR) is 66.6 cm³/mol. The lowest BCUT2D eigenvalue weighted by molar-refractivity contribution is 0.475. The minimum atomic E-state index is 0.148. The number of pyridine rings is 2. The molecule has 0 bridgehead atoms. The average Bonchev–Trinajstić information content (AvgIpc) is 2.39. The Hall–Kier alpha value is -2.42. The highest BCUT2D eigenvalue weighted by atomic mass is 16.3. The molecule has 1 aromatic carbocycles. The second kappa shape index (κ2) is 3.87. The van der Waals surface area contributed by atoms with Crippen LogP contribution in [-0.4, -0.2) is 15.1 Å². The number of benzene rings is 1. The third-order valence-electron chi connectivity index (χ3n) is 2.63. The van der Waals surface area contributed by atoms with Crippen LogP contribution in [0.3, 0.4) is 0 Å². The fraction of sp³-hybridized carbons (Fsp3) is 0. The van der Waals surface area contributed by atoms with E-state index in [1.807, 2.05) is 36.4 Å². The molecule has 0 spiro atoms. The van der Waals surface area contributed by atoms with Crippen molar-refractivity contribution < 1.29 is 5.11 Å². The summed E-state index contributed by atoms with van der Waals surface area (Å²) in [5.41, 5.74) is 2.09. The van der Waals surface area contributed by atoms with Crippen LogP contribution in [0, 0.1) is 0 Å². The molecule has 17 heavy (non-hydrogen) atoms. The van der Waals surface area contributed by atoms with Crippen LogP contribution >= 0.6 is 0 Å². The summed E-state index contributed by atoms with van der Waals surface area (Å²) in [6.07, 6.45) is 1.64. The molecule has 3 nitrogen and oxygen atoms in total. The zero-order chi connectivity index (χ0) is 11.7. The quantitative estimate of drug-likeness (QED) is 0.688. The molecule has 1 N–H and O–H groups in total. The van der Waals surface area contributed by atoms with Crippen LogP contribution in [0.4, 0.5) is 0 Å². The Balaban J connectivity index is 2.22. The zero-order valence-corrected chi connectivity index (χ0v) is 9.04. The lowest BCUT2D eigenvalue weighted by Crippen LogP contribution is -1.88. The third kappa shape index (κ3) is 1.72. The minimum absolute atomic E-state index is 0.148. The maximum Gasteiger partial charge on any atom is 0.143 e. The van der Waals surface area contributed by atoms with E-state index in [0.717, 1.165) is 10.9 Å². The van der Waals surface area contributed by atoms with Gasteiger partial charge in [-0.1, -0.05) is 24.3 Å². The maximum absolute atomic E-state index is 9.73. The average molecular weight is 222 g/mol. The molecule has 0 aliphatic rings. The summed E-state index contributed by atoms with van der Waals surface area (Å²) < 4.78 is 0. The van der Waals surface area contributed by atoms with E-state index in [0.29, 0.717) is 11.4 Å². The Bertz CT molecular complexity index is 680. The van der Waals surface area contributed by atoms with Gasteiger partial charge in [0.2, 0.25) is 0 Å². The largest absolute Gasteiger partial charge is 0.506 e. The molecular formula is C14H10N2O. The van der Waals surface area contributed by atoms with Gasteiger partial charge in [0.25, 0.3) is 0 Å². The predicted octanol–water partition coefficient (Wildman–Crippen LogP) is 3.00. The Morgan fingerprint density at radius 1 is 0.882 bits per heavy atom. The molecule has 0 aliphatic heterocycles. The number of nitrogens with zero attached hydrogens (tertiary/aromatic N) is 2. The summed E-state index contributed by atoms with van der Waals surface area (Å²) in [7, 11) is 0. The van der Waals surface area contributed by atoms with Crippen molar-refractivity contribution in [2.75, 3.05) is 0 Å². The first kappa shape index (κ1) is 9.78. The monoisotopic (exact) mass is 222 g/mol. The van der Waals surface area contributed by atoms with E-state index in [1.165, 1.54) is 0 Å². The summed E-state index contributed by atoms with van der Waals surface area (Å²) in [5, 5.41) is 10.8. The summed E-state index contributed by atoms with van der Waals surface area (Å²) in [4.78, 5) is 8.63. The minimum Gasteiger partial charge on any atom is -0.506 e. The van der Waals surface area contributed by atoms with E-state index in [-0.39, 0.29) is 5.75 Å². The summed E-state index contributed by atoms with van der Waals surface area (Å²) in [6, 6.07) is 15.0. The van der Waals surface area contributed by atoms with E-state index in [2.05, 4.69) is 9.97 Å². The van der Waals surface area contributed by atoms with E-state index in [4.69, 9.17) is 0 Å². The third-order valence-corrected chi connectivity index (χ3v) is 2.63. The standard InChI is InChI=1S/C14H10N2O/c17-13-6-3-9-15-14(13)12-8-7-10-4-1-2-5-11(10)16-12/h1-9,17H. The van der Waals surface area contributed by atoms with Gasteiger partial charge >= 0.3 is 0 Å². The van der Waals surface area contributed by atoms with Crippen molar-refractivity contribution in [3.8, 4) is 17.1 Å². The summed E-state index contributed by atoms with van der Waals surface area (Å²) >= 11 is 0. The molecule has 0 aliphatic carbocycles. The van der Waals surface area contributed by atoms with Crippen molar-refractivity contribution >= 4 is 10.9 Å². The van der Waals surface area contributed by atoms with Gasteiger partial charge in [-0.2, -0.15) is 0 Å². The molecule has 0 fully saturated rings. The molecule has 3 aromatic rings. The van der Waals surface area contributed by atoms with Gasteiger partial charge in [0.15, 0.2) is 0 Å². The number of rotatable bonds is 1. The van der Waals surface area contributed by atoms with Gasteiger partial charge in [0.1, 0.15) is 11.4 Å². The molecule has 2 aromatic heterocycles. The highest BCUT2D eigenvalue weighted by Gasteiger charge is 2.06. The summed E-state index contributed by atoms with van der Waals surface area (Å²) in [5.74, 6) is 0.148. The van der Waals surface area contributed by atoms with Crippen LogP contribution in [0.2, 0.25) is 0 Å². The lowest BCUT2D eigenvalue weighted by atomic mass is 10.1. The van der Waals surface area contributed by atoms with E-state index >= 15 is 0 Å². The molecule has 0 saturated carbocycles. The van der Waals surface area contributed by atoms with Gasteiger partial charge in [-0.25, -0.2) is 4.98 Å². The molecule has 0 saturated heterocycles. The van der Waals surface area contributed by atoms with Crippen molar-refractivity contribution in [1.29, 1.82) is 0 Å². The molecule has 3 rings (SSSR count). The molecular weight excluding hydrogens is 212 g/mol. The van der Waals surface area contributed by atoms with Gasteiger partial charge in [-0.05, 0) is 24.3 Å². The van der Waals surface area contributed by atoms with Gasteiger partial charge in [-0.3, -0.25) is 4.98 Å². The smallest absolute Gasteiger partial charge is 0.143 e. The van der Waals surface area contributed by atoms with Crippen molar-refractivity contribution in [1.82, 2.24) is 9.97 Å². The number of para-hydroxylation sites is 1. The Morgan fingerprint density at radius 2 is 1.76 bits per heavy atom. The van der Waals surface area contributed by atoms with E-state index in [9.17, 15) is 5.11 Å². The van der Waals surface area contributed by atoms with Gasteiger partial charge in [-0.15, -0.1) is 0 Å². The summed E-state index contributed by atoms with van der Waals surface area (Å²) in [6.45, 7) is 0. The highest BCUT2D eigenvalue weighted by molar-refractivity contribution is 5.81. The van der Waals surface area contributed by atoms with Crippen LogP contribution in [0.15, 0.2) is 54.7 Å². The molecule has 3 heteroatoms. The Kier molecular flexibility index (Phi) is 2.22. The molecule has 2 heterocycles. The Morgan fingerprint density at radius 3 is 2.65 bits per heavy atom. The molecule has 0 amide bonds. The number of fused-ring (bicyclic) bond motifs is 1. The second-order valence-corrected chi connectivity index (χ2v) is 3.76. The van der Waals surface area contributed by atoms with Crippen LogP contribution in [0.5, 0.6) is 5.75 Å². The topological polar surface area (TPSA) is 46.0 Å². The van der Waals surface area contributed by atoms with Crippen LogP contribution in [0.25, 0.3) is 22.3 Å². The van der Waals surface area contributed by atoms with Crippen LogP contribution in [-0.2, 0) is 0 Å². The normalized spacial score (nSPS) is 10.6. The van der Waals surface area contributed by atoms with Gasteiger partial charge in [0, 0.05) is 11.6 Å². The Labute approximate surface area is 98.4 Å². The first-order valence-electron chi connectivity index (χ1n) is 5.35. The van der Waals surface area contributed by atoms with Gasteiger partial charge in [0.05, 0.1) is 11.2 Å². The van der Waals surface area contributed by atoms with Gasteiger partial charge < -0.3 is 5.11 Å². The van der Waals surface area contributed by atoms with E-state index < -0.39 is 0 Å². The first-order valence-corrected chi connectivity index (χ1v) is 5.35. The molecule has 0 radical (unpaired) electrons. The molecule has 0 atom stereocenters. The maximum atomic E-state index is 9.73.